The van der Waals surface area contributed by atoms with E-state index in [1.54, 1.807) is 10.4 Å². The zero-order valence-corrected chi connectivity index (χ0v) is 14.8. The minimum atomic E-state index is -3.37. The van der Waals surface area contributed by atoms with Crippen LogP contribution in [0.5, 0.6) is 0 Å². The summed E-state index contributed by atoms with van der Waals surface area (Å²) in [6.07, 6.45) is 4.76. The van der Waals surface area contributed by atoms with Crippen molar-refractivity contribution in [2.45, 2.75) is 38.1 Å². The van der Waals surface area contributed by atoms with Crippen LogP contribution in [0.4, 0.5) is 4.39 Å². The number of hydrogen-bond acceptors (Lipinski definition) is 3. The lowest BCUT2D eigenvalue weighted by Crippen LogP contribution is -2.53. The van der Waals surface area contributed by atoms with Gasteiger partial charge in [0, 0.05) is 38.8 Å². The van der Waals surface area contributed by atoms with Gasteiger partial charge in [0.1, 0.15) is 5.82 Å². The van der Waals surface area contributed by atoms with Crippen molar-refractivity contribution < 1.29 is 12.8 Å². The maximum Gasteiger partial charge on any atom is 0.279 e. The van der Waals surface area contributed by atoms with Crippen molar-refractivity contribution in [3.8, 4) is 0 Å². The van der Waals surface area contributed by atoms with Crippen LogP contribution < -0.4 is 4.72 Å². The molecule has 1 saturated carbocycles. The molecule has 1 aliphatic carbocycles. The van der Waals surface area contributed by atoms with Gasteiger partial charge in [0.25, 0.3) is 10.2 Å². The summed E-state index contributed by atoms with van der Waals surface area (Å²) in [6.45, 7) is 3.14. The molecule has 2 fully saturated rings. The molecule has 5 nitrogen and oxygen atoms in total. The molecule has 1 aromatic rings. The first-order valence-electron chi connectivity index (χ1n) is 8.78. The van der Waals surface area contributed by atoms with Crippen molar-refractivity contribution in [3.05, 3.63) is 35.6 Å². The Morgan fingerprint density at radius 3 is 2.42 bits per heavy atom. The summed E-state index contributed by atoms with van der Waals surface area (Å²) in [5.41, 5.74) is 0.718. The lowest BCUT2D eigenvalue weighted by Gasteiger charge is -2.34. The number of rotatable bonds is 6. The fraction of sp³-hybridized carbons (Fsp3) is 0.647. The van der Waals surface area contributed by atoms with Crippen LogP contribution in [0.2, 0.25) is 0 Å². The van der Waals surface area contributed by atoms with Crippen LogP contribution in [0.25, 0.3) is 0 Å². The fourth-order valence-electron chi connectivity index (χ4n) is 3.50. The molecule has 0 radical (unpaired) electrons. The molecular formula is C17H26FN3O2S. The Morgan fingerprint density at radius 2 is 1.75 bits per heavy atom. The summed E-state index contributed by atoms with van der Waals surface area (Å²) < 4.78 is 42.9. The molecule has 1 heterocycles. The third-order valence-corrected chi connectivity index (χ3v) is 6.67. The van der Waals surface area contributed by atoms with Crippen LogP contribution in [0.15, 0.2) is 24.3 Å². The Balaban J connectivity index is 1.46. The molecule has 0 amide bonds. The van der Waals surface area contributed by atoms with Gasteiger partial charge in [-0.25, -0.2) is 4.39 Å². The average Bonchev–Trinajstić information content (AvgIpc) is 3.07. The van der Waals surface area contributed by atoms with E-state index in [0.29, 0.717) is 32.6 Å². The maximum absolute atomic E-state index is 13.6. The highest BCUT2D eigenvalue weighted by Crippen LogP contribution is 2.19. The van der Waals surface area contributed by atoms with Crippen molar-refractivity contribution in [3.63, 3.8) is 0 Å². The second-order valence-electron chi connectivity index (χ2n) is 6.69. The highest BCUT2D eigenvalue weighted by molar-refractivity contribution is 7.87. The third kappa shape index (κ3) is 4.53. The van der Waals surface area contributed by atoms with Crippen molar-refractivity contribution in [2.24, 2.45) is 0 Å². The first-order valence-corrected chi connectivity index (χ1v) is 10.2. The summed E-state index contributed by atoms with van der Waals surface area (Å²) in [5, 5.41) is 0. The van der Waals surface area contributed by atoms with Crippen LogP contribution in [-0.4, -0.2) is 56.4 Å². The molecule has 1 aliphatic heterocycles. The number of hydrogen-bond donors (Lipinski definition) is 1. The first kappa shape index (κ1) is 17.8. The highest BCUT2D eigenvalue weighted by atomic mass is 32.2. The lowest BCUT2D eigenvalue weighted by molar-refractivity contribution is 0.188. The third-order valence-electron chi connectivity index (χ3n) is 5.00. The second-order valence-corrected chi connectivity index (χ2v) is 8.39. The zero-order valence-electron chi connectivity index (χ0n) is 14.0. The maximum atomic E-state index is 13.6. The quantitative estimate of drug-likeness (QED) is 0.846. The zero-order chi connectivity index (χ0) is 17.0. The molecule has 24 heavy (non-hydrogen) atoms. The standard InChI is InChI=1S/C17H26FN3O2S/c18-17-8-4-1-5-15(17)9-10-20-11-13-21(14-12-20)24(22,23)19-16-6-2-3-7-16/h1,4-5,8,16,19H,2-3,6-7,9-14H2. The SMILES string of the molecule is O=S(=O)(NC1CCCC1)N1CCN(CCc2ccccc2F)CC1. The van der Waals surface area contributed by atoms with Crippen molar-refractivity contribution >= 4 is 10.2 Å². The Kier molecular flexibility index (Phi) is 5.86. The van der Waals surface area contributed by atoms with Crippen LogP contribution >= 0.6 is 0 Å². The summed E-state index contributed by atoms with van der Waals surface area (Å²) >= 11 is 0. The minimum Gasteiger partial charge on any atom is -0.300 e. The van der Waals surface area contributed by atoms with Gasteiger partial charge in [-0.1, -0.05) is 31.0 Å². The predicted octanol–water partition coefficient (Wildman–Crippen LogP) is 1.76. The van der Waals surface area contributed by atoms with E-state index in [2.05, 4.69) is 9.62 Å². The molecule has 1 N–H and O–H groups in total. The second kappa shape index (κ2) is 7.91. The first-order chi connectivity index (χ1) is 11.5. The van der Waals surface area contributed by atoms with Crippen molar-refractivity contribution in [1.29, 1.82) is 0 Å². The molecule has 7 heteroatoms. The van der Waals surface area contributed by atoms with E-state index in [1.807, 2.05) is 12.1 Å². The molecular weight excluding hydrogens is 329 g/mol. The summed E-state index contributed by atoms with van der Waals surface area (Å²) in [4.78, 5) is 2.20. The van der Waals surface area contributed by atoms with Crippen LogP contribution in [0.1, 0.15) is 31.2 Å². The van der Waals surface area contributed by atoms with Gasteiger partial charge in [-0.3, -0.25) is 0 Å². The molecule has 0 aromatic heterocycles. The number of nitrogens with one attached hydrogen (secondary N) is 1. The molecule has 1 aromatic carbocycles. The monoisotopic (exact) mass is 355 g/mol. The molecule has 0 atom stereocenters. The van der Waals surface area contributed by atoms with Gasteiger partial charge in [0.05, 0.1) is 0 Å². The van der Waals surface area contributed by atoms with Gasteiger partial charge in [0.2, 0.25) is 0 Å². The number of nitrogens with zero attached hydrogens (tertiary/aromatic N) is 2. The topological polar surface area (TPSA) is 52.7 Å². The van der Waals surface area contributed by atoms with Gasteiger partial charge in [-0.15, -0.1) is 0 Å². The van der Waals surface area contributed by atoms with Gasteiger partial charge >= 0.3 is 0 Å². The Labute approximate surface area is 144 Å². The van der Waals surface area contributed by atoms with E-state index in [9.17, 15) is 12.8 Å². The Bertz CT molecular complexity index is 639. The van der Waals surface area contributed by atoms with E-state index < -0.39 is 10.2 Å². The van der Waals surface area contributed by atoms with Crippen LogP contribution in [-0.2, 0) is 16.6 Å². The average molecular weight is 355 g/mol. The van der Waals surface area contributed by atoms with Crippen LogP contribution in [0.3, 0.4) is 0 Å². The van der Waals surface area contributed by atoms with Gasteiger partial charge in [0.15, 0.2) is 0 Å². The molecule has 2 aliphatic rings. The molecule has 0 spiro atoms. The van der Waals surface area contributed by atoms with Gasteiger partial charge in [-0.2, -0.15) is 17.4 Å². The number of halogens is 1. The fourth-order valence-corrected chi connectivity index (χ4v) is 4.95. The normalized spacial score (nSPS) is 21.4. The Morgan fingerprint density at radius 1 is 1.08 bits per heavy atom. The van der Waals surface area contributed by atoms with Gasteiger partial charge in [-0.05, 0) is 30.9 Å². The molecule has 3 rings (SSSR count). The molecule has 0 bridgehead atoms. The molecule has 1 saturated heterocycles. The summed E-state index contributed by atoms with van der Waals surface area (Å²) in [5.74, 6) is -0.167. The van der Waals surface area contributed by atoms with E-state index >= 15 is 0 Å². The van der Waals surface area contributed by atoms with E-state index in [1.165, 1.54) is 6.07 Å². The lowest BCUT2D eigenvalue weighted by atomic mass is 10.1. The number of benzene rings is 1. The highest BCUT2D eigenvalue weighted by Gasteiger charge is 2.29. The van der Waals surface area contributed by atoms with Gasteiger partial charge < -0.3 is 4.90 Å². The molecule has 134 valence electrons. The van der Waals surface area contributed by atoms with Crippen LogP contribution in [0, 0.1) is 5.82 Å². The largest absolute Gasteiger partial charge is 0.300 e. The minimum absolute atomic E-state index is 0.106. The predicted molar refractivity (Wildman–Crippen MR) is 92.4 cm³/mol. The smallest absolute Gasteiger partial charge is 0.279 e. The number of piperazine rings is 1. The van der Waals surface area contributed by atoms with E-state index in [0.717, 1.165) is 37.8 Å². The van der Waals surface area contributed by atoms with E-state index in [4.69, 9.17) is 0 Å². The summed E-state index contributed by atoms with van der Waals surface area (Å²) in [6, 6.07) is 6.93. The Hall–Kier alpha value is -1.02. The van der Waals surface area contributed by atoms with E-state index in [-0.39, 0.29) is 11.9 Å². The molecule has 0 unspecified atom stereocenters. The van der Waals surface area contributed by atoms with Crippen molar-refractivity contribution in [2.75, 3.05) is 32.7 Å². The van der Waals surface area contributed by atoms with Crippen molar-refractivity contribution in [1.82, 2.24) is 13.9 Å². The summed E-state index contributed by atoms with van der Waals surface area (Å²) in [7, 11) is -3.37.